The molecular formula is C11H17NO2. The van der Waals surface area contributed by atoms with Gasteiger partial charge >= 0.3 is 0 Å². The zero-order valence-electron chi connectivity index (χ0n) is 8.73. The zero-order valence-corrected chi connectivity index (χ0v) is 8.73. The van der Waals surface area contributed by atoms with Gasteiger partial charge in [-0.3, -0.25) is 4.98 Å². The highest BCUT2D eigenvalue weighted by Crippen LogP contribution is 2.14. The molecule has 1 aromatic heterocycles. The van der Waals surface area contributed by atoms with Crippen LogP contribution in [0.25, 0.3) is 0 Å². The van der Waals surface area contributed by atoms with Gasteiger partial charge in [-0.05, 0) is 25.0 Å². The molecule has 78 valence electrons. The molecule has 0 aliphatic heterocycles. The van der Waals surface area contributed by atoms with E-state index in [9.17, 15) is 5.11 Å². The molecule has 0 aliphatic carbocycles. The van der Waals surface area contributed by atoms with Gasteiger partial charge < -0.3 is 9.84 Å². The van der Waals surface area contributed by atoms with E-state index >= 15 is 0 Å². The van der Waals surface area contributed by atoms with Gasteiger partial charge in [0, 0.05) is 12.8 Å². The second kappa shape index (κ2) is 5.73. The summed E-state index contributed by atoms with van der Waals surface area (Å²) in [7, 11) is 0. The number of hydrogen-bond donors (Lipinski definition) is 1. The summed E-state index contributed by atoms with van der Waals surface area (Å²) >= 11 is 0. The topological polar surface area (TPSA) is 42.4 Å². The quantitative estimate of drug-likeness (QED) is 0.729. The van der Waals surface area contributed by atoms with Gasteiger partial charge in [-0.2, -0.15) is 0 Å². The van der Waals surface area contributed by atoms with Gasteiger partial charge in [0.1, 0.15) is 6.10 Å². The summed E-state index contributed by atoms with van der Waals surface area (Å²) < 4.78 is 5.26. The Kier molecular flexibility index (Phi) is 4.56. The molecule has 0 bridgehead atoms. The van der Waals surface area contributed by atoms with Gasteiger partial charge in [0.25, 0.3) is 0 Å². The van der Waals surface area contributed by atoms with Crippen LogP contribution in [0.2, 0.25) is 0 Å². The number of nitrogens with zero attached hydrogens (tertiary/aromatic N) is 1. The highest BCUT2D eigenvalue weighted by Gasteiger charge is 2.10. The van der Waals surface area contributed by atoms with E-state index in [1.54, 1.807) is 6.20 Å². The van der Waals surface area contributed by atoms with E-state index in [1.165, 1.54) is 0 Å². The highest BCUT2D eigenvalue weighted by atomic mass is 16.5. The van der Waals surface area contributed by atoms with Crippen molar-refractivity contribution in [2.24, 2.45) is 0 Å². The number of hydrogen-bond acceptors (Lipinski definition) is 3. The predicted molar refractivity (Wildman–Crippen MR) is 55.0 cm³/mol. The lowest BCUT2D eigenvalue weighted by Crippen LogP contribution is -2.10. The average Bonchev–Trinajstić information content (AvgIpc) is 2.18. The number of aliphatic hydroxyl groups is 1. The standard InChI is InChI=1S/C11H17NO2/c1-3-7-14-8-10(13)11-9(2)5-4-6-12-11/h4-6,10,13H,3,7-8H2,1-2H3. The SMILES string of the molecule is CCCOCC(O)c1ncccc1C. The second-order valence-electron chi connectivity index (χ2n) is 3.30. The molecule has 1 unspecified atom stereocenters. The van der Waals surface area contributed by atoms with Crippen molar-refractivity contribution in [3.63, 3.8) is 0 Å². The molecular weight excluding hydrogens is 178 g/mol. The van der Waals surface area contributed by atoms with E-state index in [0.29, 0.717) is 18.9 Å². The van der Waals surface area contributed by atoms with Crippen LogP contribution in [-0.4, -0.2) is 23.3 Å². The van der Waals surface area contributed by atoms with Crippen LogP contribution in [0, 0.1) is 6.92 Å². The Hall–Kier alpha value is -0.930. The Morgan fingerprint density at radius 3 is 3.00 bits per heavy atom. The summed E-state index contributed by atoms with van der Waals surface area (Å²) in [5.74, 6) is 0. The van der Waals surface area contributed by atoms with E-state index in [0.717, 1.165) is 12.0 Å². The first-order valence-corrected chi connectivity index (χ1v) is 4.93. The highest BCUT2D eigenvalue weighted by molar-refractivity contribution is 5.19. The lowest BCUT2D eigenvalue weighted by atomic mass is 10.1. The molecule has 3 nitrogen and oxygen atoms in total. The Balaban J connectivity index is 2.51. The minimum absolute atomic E-state index is 0.325. The third-order valence-corrected chi connectivity index (χ3v) is 1.99. The number of aryl methyl sites for hydroxylation is 1. The van der Waals surface area contributed by atoms with E-state index in [2.05, 4.69) is 4.98 Å². The smallest absolute Gasteiger partial charge is 0.119 e. The zero-order chi connectivity index (χ0) is 10.4. The van der Waals surface area contributed by atoms with Crippen LogP contribution in [0.4, 0.5) is 0 Å². The Morgan fingerprint density at radius 1 is 1.57 bits per heavy atom. The van der Waals surface area contributed by atoms with Gasteiger partial charge in [0.05, 0.1) is 12.3 Å². The van der Waals surface area contributed by atoms with Crippen LogP contribution in [-0.2, 0) is 4.74 Å². The van der Waals surface area contributed by atoms with Crippen molar-refractivity contribution < 1.29 is 9.84 Å². The fourth-order valence-electron chi connectivity index (χ4n) is 1.26. The van der Waals surface area contributed by atoms with Gasteiger partial charge in [-0.1, -0.05) is 13.0 Å². The molecule has 1 N–H and O–H groups in total. The van der Waals surface area contributed by atoms with Gasteiger partial charge in [-0.25, -0.2) is 0 Å². The normalized spacial score (nSPS) is 12.8. The van der Waals surface area contributed by atoms with Crippen LogP contribution in [0.5, 0.6) is 0 Å². The number of rotatable bonds is 5. The van der Waals surface area contributed by atoms with Crippen LogP contribution >= 0.6 is 0 Å². The minimum atomic E-state index is -0.609. The lowest BCUT2D eigenvalue weighted by Gasteiger charge is -2.12. The van der Waals surface area contributed by atoms with Crippen molar-refractivity contribution in [3.05, 3.63) is 29.6 Å². The predicted octanol–water partition coefficient (Wildman–Crippen LogP) is 1.85. The largest absolute Gasteiger partial charge is 0.384 e. The molecule has 0 saturated carbocycles. The summed E-state index contributed by atoms with van der Waals surface area (Å²) in [6.45, 7) is 4.98. The molecule has 14 heavy (non-hydrogen) atoms. The first-order chi connectivity index (χ1) is 6.75. The van der Waals surface area contributed by atoms with E-state index in [-0.39, 0.29) is 0 Å². The fourth-order valence-corrected chi connectivity index (χ4v) is 1.26. The van der Waals surface area contributed by atoms with Crippen molar-refractivity contribution in [2.45, 2.75) is 26.4 Å². The first-order valence-electron chi connectivity index (χ1n) is 4.93. The van der Waals surface area contributed by atoms with Gasteiger partial charge in [0.15, 0.2) is 0 Å². The third-order valence-electron chi connectivity index (χ3n) is 1.99. The molecule has 0 aliphatic rings. The molecule has 0 aromatic carbocycles. The van der Waals surface area contributed by atoms with Crippen molar-refractivity contribution in [3.8, 4) is 0 Å². The Bertz CT molecular complexity index is 276. The molecule has 0 spiro atoms. The maximum Gasteiger partial charge on any atom is 0.119 e. The summed E-state index contributed by atoms with van der Waals surface area (Å²) in [6.07, 6.45) is 2.04. The maximum atomic E-state index is 9.74. The Labute approximate surface area is 84.7 Å². The lowest BCUT2D eigenvalue weighted by molar-refractivity contribution is 0.0339. The van der Waals surface area contributed by atoms with Crippen molar-refractivity contribution in [1.82, 2.24) is 4.98 Å². The molecule has 1 aromatic rings. The average molecular weight is 195 g/mol. The monoisotopic (exact) mass is 195 g/mol. The summed E-state index contributed by atoms with van der Waals surface area (Å²) in [6, 6.07) is 3.80. The molecule has 1 atom stereocenters. The van der Waals surface area contributed by atoms with Crippen molar-refractivity contribution in [1.29, 1.82) is 0 Å². The number of pyridine rings is 1. The summed E-state index contributed by atoms with van der Waals surface area (Å²) in [5, 5.41) is 9.74. The van der Waals surface area contributed by atoms with Crippen LogP contribution in [0.3, 0.4) is 0 Å². The summed E-state index contributed by atoms with van der Waals surface area (Å²) in [4.78, 5) is 4.13. The van der Waals surface area contributed by atoms with Crippen LogP contribution in [0.15, 0.2) is 18.3 Å². The van der Waals surface area contributed by atoms with Gasteiger partial charge in [0.2, 0.25) is 0 Å². The molecule has 1 heterocycles. The van der Waals surface area contributed by atoms with Crippen molar-refractivity contribution >= 4 is 0 Å². The van der Waals surface area contributed by atoms with Gasteiger partial charge in [-0.15, -0.1) is 0 Å². The van der Waals surface area contributed by atoms with Crippen LogP contribution < -0.4 is 0 Å². The van der Waals surface area contributed by atoms with Crippen molar-refractivity contribution in [2.75, 3.05) is 13.2 Å². The minimum Gasteiger partial charge on any atom is -0.384 e. The van der Waals surface area contributed by atoms with Crippen LogP contribution in [0.1, 0.15) is 30.7 Å². The molecule has 0 saturated heterocycles. The number of aromatic nitrogens is 1. The fraction of sp³-hybridized carbons (Fsp3) is 0.545. The van der Waals surface area contributed by atoms with E-state index in [4.69, 9.17) is 4.74 Å². The maximum absolute atomic E-state index is 9.74. The molecule has 0 amide bonds. The molecule has 0 fully saturated rings. The van der Waals surface area contributed by atoms with E-state index in [1.807, 2.05) is 26.0 Å². The first kappa shape index (κ1) is 11.1. The number of ether oxygens (including phenoxy) is 1. The molecule has 0 radical (unpaired) electrons. The summed E-state index contributed by atoms with van der Waals surface area (Å²) in [5.41, 5.74) is 1.71. The third kappa shape index (κ3) is 3.09. The number of aliphatic hydroxyl groups excluding tert-OH is 1. The van der Waals surface area contributed by atoms with E-state index < -0.39 is 6.10 Å². The molecule has 1 rings (SSSR count). The Morgan fingerprint density at radius 2 is 2.36 bits per heavy atom. The second-order valence-corrected chi connectivity index (χ2v) is 3.30. The molecule has 3 heteroatoms.